The number of pyridine rings is 1. The Morgan fingerprint density at radius 2 is 1.90 bits per heavy atom. The van der Waals surface area contributed by atoms with Crippen molar-refractivity contribution < 1.29 is 15.0 Å². The molecule has 0 amide bonds. The van der Waals surface area contributed by atoms with Crippen molar-refractivity contribution in [3.63, 3.8) is 0 Å². The highest BCUT2D eigenvalue weighted by molar-refractivity contribution is 6.06. The Bertz CT molecular complexity index is 664. The molecule has 0 saturated carbocycles. The molecule has 2 aromatic rings. The summed E-state index contributed by atoms with van der Waals surface area (Å²) >= 11 is 0. The van der Waals surface area contributed by atoms with E-state index >= 15 is 0 Å². The Labute approximate surface area is 122 Å². The lowest BCUT2D eigenvalue weighted by Gasteiger charge is -2.32. The van der Waals surface area contributed by atoms with Crippen LogP contribution in [0.15, 0.2) is 30.5 Å². The molecule has 3 rings (SSSR count). The van der Waals surface area contributed by atoms with E-state index in [9.17, 15) is 15.0 Å². The van der Waals surface area contributed by atoms with Gasteiger partial charge in [-0.2, -0.15) is 0 Å². The molecule has 0 radical (unpaired) electrons. The number of hydrogen-bond acceptors (Lipinski definition) is 4. The minimum absolute atomic E-state index is 0.236. The van der Waals surface area contributed by atoms with Crippen molar-refractivity contribution in [2.45, 2.75) is 12.8 Å². The van der Waals surface area contributed by atoms with E-state index in [-0.39, 0.29) is 12.2 Å². The number of aromatic carboxylic acids is 1. The minimum atomic E-state index is -0.954. The first kappa shape index (κ1) is 13.8. The van der Waals surface area contributed by atoms with Crippen molar-refractivity contribution in [3.8, 4) is 0 Å². The average Bonchev–Trinajstić information content (AvgIpc) is 2.54. The first-order valence-corrected chi connectivity index (χ1v) is 7.17. The standard InChI is InChI=1S/C16H18N2O3/c19-10-11-5-7-18(8-6-11)15-13-4-2-1-3-12(13)14(9-17-15)16(20)21/h1-4,9,11,19H,5-8,10H2,(H,20,21). The van der Waals surface area contributed by atoms with Crippen LogP contribution in [-0.2, 0) is 0 Å². The van der Waals surface area contributed by atoms with Gasteiger partial charge in [0.05, 0.1) is 5.56 Å². The maximum Gasteiger partial charge on any atom is 0.337 e. The Hall–Kier alpha value is -2.14. The summed E-state index contributed by atoms with van der Waals surface area (Å²) in [5.74, 6) is 0.252. The molecule has 0 spiro atoms. The number of fused-ring (bicyclic) bond motifs is 1. The number of carboxylic acid groups (broad SMARTS) is 1. The maximum absolute atomic E-state index is 11.3. The number of nitrogens with zero attached hydrogens (tertiary/aromatic N) is 2. The number of hydrogen-bond donors (Lipinski definition) is 2. The summed E-state index contributed by atoms with van der Waals surface area (Å²) in [5.41, 5.74) is 0.236. The monoisotopic (exact) mass is 286 g/mol. The van der Waals surface area contributed by atoms with E-state index in [0.717, 1.165) is 42.5 Å². The van der Waals surface area contributed by atoms with Crippen molar-refractivity contribution in [2.24, 2.45) is 5.92 Å². The van der Waals surface area contributed by atoms with Crippen LogP contribution in [0.2, 0.25) is 0 Å². The van der Waals surface area contributed by atoms with Crippen LogP contribution >= 0.6 is 0 Å². The smallest absolute Gasteiger partial charge is 0.337 e. The Kier molecular flexibility index (Phi) is 3.75. The van der Waals surface area contributed by atoms with Gasteiger partial charge in [0.25, 0.3) is 0 Å². The van der Waals surface area contributed by atoms with Gasteiger partial charge in [-0.05, 0) is 18.8 Å². The summed E-state index contributed by atoms with van der Waals surface area (Å²) in [4.78, 5) is 17.9. The van der Waals surface area contributed by atoms with E-state index < -0.39 is 5.97 Å². The van der Waals surface area contributed by atoms with Gasteiger partial charge in [-0.3, -0.25) is 0 Å². The van der Waals surface area contributed by atoms with Gasteiger partial charge in [0.2, 0.25) is 0 Å². The first-order valence-electron chi connectivity index (χ1n) is 7.17. The summed E-state index contributed by atoms with van der Waals surface area (Å²) in [6, 6.07) is 7.49. The lowest BCUT2D eigenvalue weighted by atomic mass is 9.97. The molecule has 1 saturated heterocycles. The van der Waals surface area contributed by atoms with Crippen molar-refractivity contribution in [1.82, 2.24) is 4.98 Å². The van der Waals surface area contributed by atoms with Crippen LogP contribution in [0.3, 0.4) is 0 Å². The molecule has 0 unspecified atom stereocenters. The molecular formula is C16H18N2O3. The van der Waals surface area contributed by atoms with Crippen LogP contribution in [0.4, 0.5) is 5.82 Å². The SMILES string of the molecule is O=C(O)c1cnc(N2CCC(CO)CC2)c2ccccc12. The number of aliphatic hydroxyl groups is 1. The molecule has 2 N–H and O–H groups in total. The largest absolute Gasteiger partial charge is 0.478 e. The van der Waals surface area contributed by atoms with Crippen LogP contribution in [0, 0.1) is 5.92 Å². The highest BCUT2D eigenvalue weighted by atomic mass is 16.4. The third-order valence-corrected chi connectivity index (χ3v) is 4.18. The van der Waals surface area contributed by atoms with E-state index in [0.29, 0.717) is 5.92 Å². The number of piperidine rings is 1. The lowest BCUT2D eigenvalue weighted by Crippen LogP contribution is -2.35. The fourth-order valence-corrected chi connectivity index (χ4v) is 2.93. The quantitative estimate of drug-likeness (QED) is 0.904. The Morgan fingerprint density at radius 3 is 2.52 bits per heavy atom. The van der Waals surface area contributed by atoms with Crippen LogP contribution in [-0.4, -0.2) is 40.9 Å². The maximum atomic E-state index is 11.3. The molecule has 0 aliphatic carbocycles. The zero-order chi connectivity index (χ0) is 14.8. The van der Waals surface area contributed by atoms with E-state index in [1.165, 1.54) is 6.20 Å². The van der Waals surface area contributed by atoms with Gasteiger partial charge in [0, 0.05) is 36.7 Å². The molecule has 5 heteroatoms. The predicted molar refractivity (Wildman–Crippen MR) is 80.7 cm³/mol. The molecule has 1 aliphatic heterocycles. The second-order valence-corrected chi connectivity index (χ2v) is 5.46. The average molecular weight is 286 g/mol. The topological polar surface area (TPSA) is 73.7 Å². The number of carboxylic acids is 1. The molecule has 1 fully saturated rings. The number of benzene rings is 1. The van der Waals surface area contributed by atoms with Gasteiger partial charge in [0.15, 0.2) is 0 Å². The first-order chi connectivity index (χ1) is 10.2. The molecule has 0 bridgehead atoms. The van der Waals surface area contributed by atoms with Gasteiger partial charge < -0.3 is 15.1 Å². The fourth-order valence-electron chi connectivity index (χ4n) is 2.93. The summed E-state index contributed by atoms with van der Waals surface area (Å²) < 4.78 is 0. The van der Waals surface area contributed by atoms with E-state index in [1.54, 1.807) is 0 Å². The van der Waals surface area contributed by atoms with Crippen LogP contribution in [0.5, 0.6) is 0 Å². The highest BCUT2D eigenvalue weighted by Crippen LogP contribution is 2.30. The van der Waals surface area contributed by atoms with E-state index in [1.807, 2.05) is 24.3 Å². The summed E-state index contributed by atoms with van der Waals surface area (Å²) in [6.07, 6.45) is 3.32. The summed E-state index contributed by atoms with van der Waals surface area (Å²) in [7, 11) is 0. The van der Waals surface area contributed by atoms with Crippen LogP contribution in [0.1, 0.15) is 23.2 Å². The lowest BCUT2D eigenvalue weighted by molar-refractivity contribution is 0.0698. The number of rotatable bonds is 3. The van der Waals surface area contributed by atoms with E-state index in [2.05, 4.69) is 9.88 Å². The number of carbonyl (C=O) groups is 1. The number of anilines is 1. The van der Waals surface area contributed by atoms with Gasteiger partial charge in [0.1, 0.15) is 5.82 Å². The van der Waals surface area contributed by atoms with Crippen molar-refractivity contribution in [3.05, 3.63) is 36.0 Å². The number of aromatic nitrogens is 1. The molecule has 0 atom stereocenters. The summed E-state index contributed by atoms with van der Waals surface area (Å²) in [5, 5.41) is 20.1. The highest BCUT2D eigenvalue weighted by Gasteiger charge is 2.22. The predicted octanol–water partition coefficient (Wildman–Crippen LogP) is 2.14. The summed E-state index contributed by atoms with van der Waals surface area (Å²) in [6.45, 7) is 1.92. The second kappa shape index (κ2) is 5.69. The van der Waals surface area contributed by atoms with Crippen molar-refractivity contribution in [2.75, 3.05) is 24.6 Å². The third kappa shape index (κ3) is 2.56. The van der Waals surface area contributed by atoms with Gasteiger partial charge in [-0.1, -0.05) is 24.3 Å². The molecule has 1 aliphatic rings. The molecule has 110 valence electrons. The molecule has 5 nitrogen and oxygen atoms in total. The Morgan fingerprint density at radius 1 is 1.24 bits per heavy atom. The molecule has 2 heterocycles. The molecule has 1 aromatic carbocycles. The molecular weight excluding hydrogens is 268 g/mol. The van der Waals surface area contributed by atoms with Crippen molar-refractivity contribution in [1.29, 1.82) is 0 Å². The zero-order valence-electron chi connectivity index (χ0n) is 11.7. The zero-order valence-corrected chi connectivity index (χ0v) is 11.7. The number of aliphatic hydroxyl groups excluding tert-OH is 1. The van der Waals surface area contributed by atoms with Crippen LogP contribution < -0.4 is 4.90 Å². The third-order valence-electron chi connectivity index (χ3n) is 4.18. The normalized spacial score (nSPS) is 16.3. The molecule has 1 aromatic heterocycles. The van der Waals surface area contributed by atoms with Crippen molar-refractivity contribution >= 4 is 22.6 Å². The van der Waals surface area contributed by atoms with Gasteiger partial charge >= 0.3 is 5.97 Å². The molecule has 21 heavy (non-hydrogen) atoms. The minimum Gasteiger partial charge on any atom is -0.478 e. The Balaban J connectivity index is 2.00. The fraction of sp³-hybridized carbons (Fsp3) is 0.375. The van der Waals surface area contributed by atoms with Crippen LogP contribution in [0.25, 0.3) is 10.8 Å². The van der Waals surface area contributed by atoms with E-state index in [4.69, 9.17) is 0 Å². The van der Waals surface area contributed by atoms with Gasteiger partial charge in [-0.25, -0.2) is 9.78 Å². The second-order valence-electron chi connectivity index (χ2n) is 5.46. The van der Waals surface area contributed by atoms with Gasteiger partial charge in [-0.15, -0.1) is 0 Å².